The van der Waals surface area contributed by atoms with Crippen LogP contribution in [0.1, 0.15) is 6.42 Å². The van der Waals surface area contributed by atoms with E-state index in [4.69, 9.17) is 15.3 Å². The third-order valence-electron chi connectivity index (χ3n) is 0.653. The fourth-order valence-corrected chi connectivity index (χ4v) is 0.253. The van der Waals surface area contributed by atoms with Crippen LogP contribution in [0.4, 0.5) is 0 Å². The summed E-state index contributed by atoms with van der Waals surface area (Å²) in [7, 11) is 0. The van der Waals surface area contributed by atoms with E-state index < -0.39 is 24.5 Å². The van der Waals surface area contributed by atoms with Crippen LogP contribution in [0.5, 0.6) is 0 Å². The Morgan fingerprint density at radius 2 is 1.55 bits per heavy atom. The van der Waals surface area contributed by atoms with Gasteiger partial charge >= 0.3 is 58.0 Å². The van der Waals surface area contributed by atoms with Crippen molar-refractivity contribution in [3.05, 3.63) is 0 Å². The van der Waals surface area contributed by atoms with Crippen molar-refractivity contribution in [3.63, 3.8) is 0 Å². The number of hydrogen-bond donors (Lipinski definition) is 3. The molecule has 1 atom stereocenters. The predicted octanol–water partition coefficient (Wildman–Crippen LogP) is -1.85. The van der Waals surface area contributed by atoms with Crippen molar-refractivity contribution in [2.45, 2.75) is 12.5 Å². The topological polar surface area (TPSA) is 94.8 Å². The molecule has 0 radical (unpaired) electrons. The molecule has 0 spiro atoms. The van der Waals surface area contributed by atoms with E-state index in [-0.39, 0.29) is 46.1 Å². The molecule has 0 aliphatic heterocycles. The molecule has 0 aliphatic carbocycles. The summed E-state index contributed by atoms with van der Waals surface area (Å²) in [6.07, 6.45) is -2.54. The minimum atomic E-state index is -1.79. The van der Waals surface area contributed by atoms with E-state index in [1.807, 2.05) is 0 Å². The third kappa shape index (κ3) is 10.4. The number of rotatable bonds is 3. The number of carboxylic acid groups (broad SMARTS) is 2. The zero-order valence-electron chi connectivity index (χ0n) is 5.86. The molecule has 0 aliphatic rings. The second kappa shape index (κ2) is 8.53. The summed E-state index contributed by atoms with van der Waals surface area (Å²) in [4.78, 5) is 19.4. The molecule has 52 valence electrons. The van der Waals surface area contributed by atoms with E-state index >= 15 is 0 Å². The van der Waals surface area contributed by atoms with Crippen LogP contribution in [0.25, 0.3) is 0 Å². The molecule has 0 saturated heterocycles. The Balaban J connectivity index is -0.000000320. The van der Waals surface area contributed by atoms with Gasteiger partial charge in [0.25, 0.3) is 0 Å². The van der Waals surface area contributed by atoms with Crippen LogP contribution in [-0.2, 0) is 9.59 Å². The van der Waals surface area contributed by atoms with Crippen molar-refractivity contribution in [3.8, 4) is 0 Å². The average molecular weight is 183 g/mol. The van der Waals surface area contributed by atoms with Crippen molar-refractivity contribution in [1.29, 1.82) is 0 Å². The first-order chi connectivity index (χ1) is 4.04. The minimum Gasteiger partial charge on any atom is -0.481 e. The predicted molar refractivity (Wildman–Crippen MR) is 37.4 cm³/mol. The van der Waals surface area contributed by atoms with Gasteiger partial charge in [-0.05, 0) is 0 Å². The van der Waals surface area contributed by atoms with Gasteiger partial charge in [-0.15, -0.1) is 0 Å². The molecule has 0 rings (SSSR count). The van der Waals surface area contributed by atoms with Crippen LogP contribution in [0, 0.1) is 0 Å². The third-order valence-corrected chi connectivity index (χ3v) is 0.653. The van der Waals surface area contributed by atoms with Crippen molar-refractivity contribution >= 4 is 58.0 Å². The number of aliphatic hydroxyl groups excluding tert-OH is 1. The summed E-state index contributed by atoms with van der Waals surface area (Å²) in [5, 5.41) is 24.1. The Kier molecular flexibility index (Phi) is 13.6. The summed E-state index contributed by atoms with van der Waals surface area (Å²) < 4.78 is 0. The van der Waals surface area contributed by atoms with Crippen LogP contribution in [0.2, 0.25) is 0 Å². The van der Waals surface area contributed by atoms with Crippen LogP contribution >= 0.6 is 0 Å². The van der Waals surface area contributed by atoms with Crippen LogP contribution in [0.15, 0.2) is 0 Å². The fraction of sp³-hybridized carbons (Fsp3) is 0.500. The van der Waals surface area contributed by atoms with Gasteiger partial charge in [-0.1, -0.05) is 0 Å². The minimum absolute atomic E-state index is 0. The van der Waals surface area contributed by atoms with Crippen molar-refractivity contribution in [2.24, 2.45) is 0 Å². The van der Waals surface area contributed by atoms with E-state index in [0.29, 0.717) is 0 Å². The standard InChI is InChI=1S/C4H6O5.2Mg/c5-2(4(8)9)1-3(6)7;;/h2,5H,1H2,(H,6,7)(H,8,9);;/q;2*+2. The van der Waals surface area contributed by atoms with E-state index in [1.54, 1.807) is 0 Å². The van der Waals surface area contributed by atoms with E-state index in [9.17, 15) is 9.59 Å². The molecule has 0 aromatic carbocycles. The molecule has 7 heteroatoms. The smallest absolute Gasteiger partial charge is 0.481 e. The molecule has 0 saturated carbocycles. The molecule has 3 N–H and O–H groups in total. The normalized spacial score (nSPS) is 10.3. The first kappa shape index (κ1) is 17.5. The number of aliphatic hydroxyl groups is 1. The first-order valence-electron chi connectivity index (χ1n) is 2.16. The van der Waals surface area contributed by atoms with Crippen LogP contribution < -0.4 is 0 Å². The molecule has 0 bridgehead atoms. The Morgan fingerprint density at radius 1 is 1.18 bits per heavy atom. The second-order valence-electron chi connectivity index (χ2n) is 1.45. The van der Waals surface area contributed by atoms with E-state index in [1.165, 1.54) is 0 Å². The summed E-state index contributed by atoms with van der Waals surface area (Å²) >= 11 is 0. The van der Waals surface area contributed by atoms with Gasteiger partial charge in [0.15, 0.2) is 6.10 Å². The van der Waals surface area contributed by atoms with Crippen LogP contribution in [-0.4, -0.2) is 79.5 Å². The summed E-state index contributed by atoms with van der Waals surface area (Å²) in [6, 6.07) is 0. The maximum atomic E-state index is 9.72. The Morgan fingerprint density at radius 3 is 1.64 bits per heavy atom. The molecular formula is C4H6Mg2O5+4. The van der Waals surface area contributed by atoms with E-state index in [0.717, 1.165) is 0 Å². The largest absolute Gasteiger partial charge is 2.00 e. The molecule has 0 heterocycles. The van der Waals surface area contributed by atoms with Crippen molar-refractivity contribution in [2.75, 3.05) is 0 Å². The van der Waals surface area contributed by atoms with Gasteiger partial charge in [-0.2, -0.15) is 0 Å². The summed E-state index contributed by atoms with van der Waals surface area (Å²) in [6.45, 7) is 0. The first-order valence-corrected chi connectivity index (χ1v) is 2.16. The fourth-order valence-electron chi connectivity index (χ4n) is 0.253. The molecule has 11 heavy (non-hydrogen) atoms. The Hall–Kier alpha value is 0.432. The zero-order valence-corrected chi connectivity index (χ0v) is 8.69. The van der Waals surface area contributed by atoms with Crippen molar-refractivity contribution < 1.29 is 24.9 Å². The van der Waals surface area contributed by atoms with Gasteiger partial charge in [0.05, 0.1) is 6.42 Å². The molecule has 0 aromatic rings. The number of hydrogen-bond acceptors (Lipinski definition) is 3. The maximum absolute atomic E-state index is 9.72. The zero-order chi connectivity index (χ0) is 7.44. The quantitative estimate of drug-likeness (QED) is 0.446. The Bertz CT molecular complexity index is 136. The van der Waals surface area contributed by atoms with Gasteiger partial charge in [0, 0.05) is 0 Å². The maximum Gasteiger partial charge on any atom is 2.00 e. The number of aliphatic carboxylic acids is 2. The molecule has 0 fully saturated rings. The van der Waals surface area contributed by atoms with E-state index in [2.05, 4.69) is 0 Å². The SMILES string of the molecule is O=C(O)CC(O)C(=O)O.[Mg+2].[Mg+2]. The molecule has 0 amide bonds. The second-order valence-corrected chi connectivity index (χ2v) is 1.45. The van der Waals surface area contributed by atoms with Crippen molar-refractivity contribution in [1.82, 2.24) is 0 Å². The average Bonchev–Trinajstić information content (AvgIpc) is 1.63. The van der Waals surface area contributed by atoms with Gasteiger partial charge in [0.1, 0.15) is 0 Å². The monoisotopic (exact) mass is 182 g/mol. The molecule has 5 nitrogen and oxygen atoms in total. The molecule has 1 unspecified atom stereocenters. The molecular weight excluding hydrogens is 177 g/mol. The summed E-state index contributed by atoms with van der Waals surface area (Å²) in [5.41, 5.74) is 0. The summed E-state index contributed by atoms with van der Waals surface area (Å²) in [5.74, 6) is -2.85. The van der Waals surface area contributed by atoms with Crippen LogP contribution in [0.3, 0.4) is 0 Å². The number of carboxylic acids is 2. The van der Waals surface area contributed by atoms with Gasteiger partial charge in [0.2, 0.25) is 0 Å². The van der Waals surface area contributed by atoms with Gasteiger partial charge in [-0.25, -0.2) is 4.79 Å². The Labute approximate surface area is 95.1 Å². The molecule has 0 aromatic heterocycles. The number of carbonyl (C=O) groups is 2. The van der Waals surface area contributed by atoms with Gasteiger partial charge < -0.3 is 15.3 Å². The van der Waals surface area contributed by atoms with Gasteiger partial charge in [-0.3, -0.25) is 4.79 Å².